The molecular weight excluding hydrogens is 428 g/mol. The molecule has 8 heteroatoms. The lowest BCUT2D eigenvalue weighted by molar-refractivity contribution is 0.00777. The van der Waals surface area contributed by atoms with Gasteiger partial charge in [-0.05, 0) is 71.2 Å². The van der Waals surface area contributed by atoms with Crippen molar-refractivity contribution >= 4 is 28.9 Å². The molecule has 1 aliphatic heterocycles. The number of ether oxygens (including phenoxy) is 2. The van der Waals surface area contributed by atoms with Crippen LogP contribution in [0, 0.1) is 13.8 Å². The maximum Gasteiger partial charge on any atom is 0.410 e. The summed E-state index contributed by atoms with van der Waals surface area (Å²) in [4.78, 5) is 26.5. The molecule has 0 radical (unpaired) electrons. The van der Waals surface area contributed by atoms with E-state index in [1.807, 2.05) is 52.8 Å². The number of carbonyl (C=O) groups excluding carboxylic acids is 1. The summed E-state index contributed by atoms with van der Waals surface area (Å²) in [6, 6.07) is 5.72. The minimum atomic E-state index is -0.529. The molecule has 0 unspecified atom stereocenters. The third-order valence-electron chi connectivity index (χ3n) is 5.35. The summed E-state index contributed by atoms with van der Waals surface area (Å²) in [5.74, 6) is 1.54. The number of aromatic amines is 1. The second kappa shape index (κ2) is 8.62. The monoisotopic (exact) mass is 456 g/mol. The first kappa shape index (κ1) is 22.4. The third kappa shape index (κ3) is 4.83. The highest BCUT2D eigenvalue weighted by atomic mass is 35.5. The molecule has 1 atom stereocenters. The van der Waals surface area contributed by atoms with Crippen molar-refractivity contribution in [1.82, 2.24) is 19.9 Å². The molecule has 3 heterocycles. The molecule has 3 aromatic rings. The van der Waals surface area contributed by atoms with Crippen LogP contribution in [0.3, 0.4) is 0 Å². The van der Waals surface area contributed by atoms with Crippen LogP contribution >= 0.6 is 11.6 Å². The molecule has 1 saturated heterocycles. The van der Waals surface area contributed by atoms with E-state index in [-0.39, 0.29) is 12.2 Å². The Labute approximate surface area is 193 Å². The van der Waals surface area contributed by atoms with Gasteiger partial charge in [-0.3, -0.25) is 0 Å². The number of benzene rings is 1. The van der Waals surface area contributed by atoms with Gasteiger partial charge in [-0.1, -0.05) is 11.6 Å². The second-order valence-corrected chi connectivity index (χ2v) is 9.72. The Morgan fingerprint density at radius 3 is 2.78 bits per heavy atom. The summed E-state index contributed by atoms with van der Waals surface area (Å²) in [5.41, 5.74) is 3.66. The zero-order valence-electron chi connectivity index (χ0n) is 19.2. The Bertz CT molecular complexity index is 1150. The van der Waals surface area contributed by atoms with Crippen molar-refractivity contribution in [1.29, 1.82) is 0 Å². The molecule has 1 amide bonds. The van der Waals surface area contributed by atoms with Crippen LogP contribution in [0.5, 0.6) is 5.75 Å². The van der Waals surface area contributed by atoms with Gasteiger partial charge in [0.25, 0.3) is 0 Å². The molecule has 0 spiro atoms. The fraction of sp³-hybridized carbons (Fsp3) is 0.458. The highest BCUT2D eigenvalue weighted by molar-refractivity contribution is 6.31. The zero-order chi connectivity index (χ0) is 23.0. The number of amides is 1. The number of nitrogens with one attached hydrogen (secondary N) is 1. The number of aryl methyl sites for hydroxylation is 2. The molecule has 0 bridgehead atoms. The van der Waals surface area contributed by atoms with Crippen molar-refractivity contribution in [2.45, 2.75) is 59.2 Å². The summed E-state index contributed by atoms with van der Waals surface area (Å²) in [6.45, 7) is 10.6. The first-order valence-electron chi connectivity index (χ1n) is 10.9. The van der Waals surface area contributed by atoms with E-state index in [4.69, 9.17) is 21.1 Å². The molecule has 1 N–H and O–H groups in total. The smallest absolute Gasteiger partial charge is 0.410 e. The Hall–Kier alpha value is -2.80. The van der Waals surface area contributed by atoms with E-state index < -0.39 is 5.60 Å². The number of aromatic nitrogens is 3. The topological polar surface area (TPSA) is 80.3 Å². The van der Waals surface area contributed by atoms with Gasteiger partial charge in [-0.25, -0.2) is 14.8 Å². The normalized spacial score (nSPS) is 16.9. The highest BCUT2D eigenvalue weighted by Gasteiger charge is 2.29. The molecule has 32 heavy (non-hydrogen) atoms. The lowest BCUT2D eigenvalue weighted by Gasteiger charge is -2.34. The molecular formula is C24H29ClN4O3. The molecule has 170 valence electrons. The van der Waals surface area contributed by atoms with Crippen LogP contribution in [0.1, 0.15) is 45.0 Å². The first-order chi connectivity index (χ1) is 15.1. The number of halogens is 1. The molecule has 1 fully saturated rings. The van der Waals surface area contributed by atoms with Gasteiger partial charge in [0.05, 0.1) is 6.54 Å². The number of nitrogens with zero attached hydrogens (tertiary/aromatic N) is 3. The summed E-state index contributed by atoms with van der Waals surface area (Å²) < 4.78 is 12.1. The number of imidazole rings is 1. The number of fused-ring (bicyclic) bond motifs is 1. The largest absolute Gasteiger partial charge is 0.488 e. The number of hydrogen-bond donors (Lipinski definition) is 1. The van der Waals surface area contributed by atoms with Crippen molar-refractivity contribution in [3.63, 3.8) is 0 Å². The van der Waals surface area contributed by atoms with Gasteiger partial charge >= 0.3 is 6.09 Å². The van der Waals surface area contributed by atoms with Gasteiger partial charge in [0.2, 0.25) is 0 Å². The van der Waals surface area contributed by atoms with Crippen molar-refractivity contribution in [3.8, 4) is 16.9 Å². The number of H-pyrrole nitrogens is 1. The lowest BCUT2D eigenvalue weighted by Crippen LogP contribution is -2.46. The van der Waals surface area contributed by atoms with Crippen molar-refractivity contribution in [2.24, 2.45) is 0 Å². The van der Waals surface area contributed by atoms with Crippen LogP contribution in [0.2, 0.25) is 5.02 Å². The molecule has 2 aromatic heterocycles. The Kier molecular flexibility index (Phi) is 6.03. The molecule has 7 nitrogen and oxygen atoms in total. The van der Waals surface area contributed by atoms with Gasteiger partial charge < -0.3 is 19.4 Å². The van der Waals surface area contributed by atoms with Gasteiger partial charge in [0, 0.05) is 28.9 Å². The maximum atomic E-state index is 12.6. The maximum absolute atomic E-state index is 12.6. The van der Waals surface area contributed by atoms with E-state index in [2.05, 4.69) is 15.0 Å². The fourth-order valence-electron chi connectivity index (χ4n) is 4.02. The minimum absolute atomic E-state index is 0.145. The Balaban J connectivity index is 1.65. The highest BCUT2D eigenvalue weighted by Crippen LogP contribution is 2.39. The summed E-state index contributed by atoms with van der Waals surface area (Å²) in [6.07, 6.45) is 3.01. The Morgan fingerprint density at radius 1 is 1.25 bits per heavy atom. The Morgan fingerprint density at radius 2 is 2.03 bits per heavy atom. The predicted octanol–water partition coefficient (Wildman–Crippen LogP) is 5.67. The van der Waals surface area contributed by atoms with Gasteiger partial charge in [-0.2, -0.15) is 0 Å². The third-order valence-corrected chi connectivity index (χ3v) is 5.57. The standard InChI is InChI=1S/C24H29ClN4O3/c1-14-11-16(25)12-19(18-8-9-26-22-20(18)27-15(2)28-22)21(14)31-17-7-6-10-29(13-17)23(30)32-24(3,4)5/h8-9,11-12,17H,6-7,10,13H2,1-5H3,(H,26,27,28)/t17-/m0/s1. The van der Waals surface area contributed by atoms with E-state index in [1.165, 1.54) is 0 Å². The van der Waals surface area contributed by atoms with Gasteiger partial charge in [-0.15, -0.1) is 0 Å². The second-order valence-electron chi connectivity index (χ2n) is 9.29. The zero-order valence-corrected chi connectivity index (χ0v) is 19.9. The van der Waals surface area contributed by atoms with Crippen molar-refractivity contribution in [2.75, 3.05) is 13.1 Å². The predicted molar refractivity (Wildman–Crippen MR) is 125 cm³/mol. The molecule has 1 aromatic carbocycles. The average Bonchev–Trinajstić information content (AvgIpc) is 3.09. The van der Waals surface area contributed by atoms with E-state index in [0.29, 0.717) is 18.1 Å². The number of hydrogen-bond acceptors (Lipinski definition) is 5. The van der Waals surface area contributed by atoms with Crippen molar-refractivity contribution in [3.05, 3.63) is 40.8 Å². The number of rotatable bonds is 3. The van der Waals surface area contributed by atoms with E-state index in [9.17, 15) is 4.79 Å². The quantitative estimate of drug-likeness (QED) is 0.548. The van der Waals surface area contributed by atoms with E-state index in [1.54, 1.807) is 11.1 Å². The summed E-state index contributed by atoms with van der Waals surface area (Å²) >= 11 is 6.43. The summed E-state index contributed by atoms with van der Waals surface area (Å²) in [7, 11) is 0. The number of piperidine rings is 1. The van der Waals surface area contributed by atoms with Gasteiger partial charge in [0.1, 0.15) is 28.8 Å². The fourth-order valence-corrected chi connectivity index (χ4v) is 4.30. The van der Waals surface area contributed by atoms with Crippen LogP contribution < -0.4 is 4.74 Å². The van der Waals surface area contributed by atoms with Crippen molar-refractivity contribution < 1.29 is 14.3 Å². The average molecular weight is 457 g/mol. The van der Waals surface area contributed by atoms with Crippen LogP contribution in [0.25, 0.3) is 22.3 Å². The van der Waals surface area contributed by atoms with Crippen LogP contribution in [-0.4, -0.2) is 50.7 Å². The summed E-state index contributed by atoms with van der Waals surface area (Å²) in [5, 5.41) is 0.626. The number of likely N-dealkylation sites (tertiary alicyclic amines) is 1. The van der Waals surface area contributed by atoms with Crippen LogP contribution in [0.4, 0.5) is 4.79 Å². The molecule has 0 saturated carbocycles. The first-order valence-corrected chi connectivity index (χ1v) is 11.2. The van der Waals surface area contributed by atoms with Gasteiger partial charge in [0.15, 0.2) is 5.65 Å². The SMILES string of the molecule is Cc1nc2c(-c3cc(Cl)cc(C)c3O[C@H]3CCCN(C(=O)OC(C)(C)C)C3)ccnc2[nH]1. The molecule has 0 aliphatic carbocycles. The van der Waals surface area contributed by atoms with Crippen LogP contribution in [-0.2, 0) is 4.74 Å². The van der Waals surface area contributed by atoms with Crippen LogP contribution in [0.15, 0.2) is 24.4 Å². The van der Waals surface area contributed by atoms with E-state index >= 15 is 0 Å². The minimum Gasteiger partial charge on any atom is -0.488 e. The molecule has 4 rings (SSSR count). The number of pyridine rings is 1. The van der Waals surface area contributed by atoms with E-state index in [0.717, 1.165) is 52.3 Å². The number of carbonyl (C=O) groups is 1. The molecule has 1 aliphatic rings. The lowest BCUT2D eigenvalue weighted by atomic mass is 10.0.